The van der Waals surface area contributed by atoms with Crippen LogP contribution in [0.3, 0.4) is 0 Å². The van der Waals surface area contributed by atoms with E-state index in [0.29, 0.717) is 36.4 Å². The number of hydrogen-bond donors (Lipinski definition) is 0. The normalized spacial score (nSPS) is 17.5. The van der Waals surface area contributed by atoms with E-state index in [2.05, 4.69) is 29.8 Å². The Balaban J connectivity index is 2.23. The highest BCUT2D eigenvalue weighted by atomic mass is 79.9. The summed E-state index contributed by atoms with van der Waals surface area (Å²) in [4.78, 5) is 14.5. The van der Waals surface area contributed by atoms with E-state index in [4.69, 9.17) is 21.7 Å². The quantitative estimate of drug-likeness (QED) is 0.543. The summed E-state index contributed by atoms with van der Waals surface area (Å²) in [6.07, 6.45) is 0.582. The van der Waals surface area contributed by atoms with Gasteiger partial charge in [-0.05, 0) is 53.7 Å². The molecular weight excluding hydrogens is 422 g/mol. The van der Waals surface area contributed by atoms with Crippen molar-refractivity contribution in [3.63, 3.8) is 0 Å². The first-order chi connectivity index (χ1) is 11.9. The van der Waals surface area contributed by atoms with Crippen molar-refractivity contribution < 1.29 is 14.3 Å². The fourth-order valence-electron chi connectivity index (χ4n) is 2.65. The summed E-state index contributed by atoms with van der Waals surface area (Å²) in [6.45, 7) is 9.88. The van der Waals surface area contributed by atoms with Crippen molar-refractivity contribution in [3.8, 4) is 11.5 Å². The Morgan fingerprint density at radius 2 is 1.88 bits per heavy atom. The Labute approximate surface area is 167 Å². The molecule has 2 rings (SSSR count). The second-order valence-corrected chi connectivity index (χ2v) is 8.87. The van der Waals surface area contributed by atoms with Gasteiger partial charge in [0.05, 0.1) is 22.9 Å². The third-order valence-corrected chi connectivity index (χ3v) is 5.88. The predicted molar refractivity (Wildman–Crippen MR) is 111 cm³/mol. The molecule has 25 heavy (non-hydrogen) atoms. The first kappa shape index (κ1) is 20.5. The minimum atomic E-state index is -0.199. The summed E-state index contributed by atoms with van der Waals surface area (Å²) in [5.41, 5.74) is 0.984. The van der Waals surface area contributed by atoms with Gasteiger partial charge in [-0.2, -0.15) is 0 Å². The second-order valence-electron chi connectivity index (χ2n) is 6.18. The maximum atomic E-state index is 12.7. The van der Waals surface area contributed by atoms with Crippen LogP contribution >= 0.6 is 39.9 Å². The van der Waals surface area contributed by atoms with E-state index in [1.165, 1.54) is 11.8 Å². The van der Waals surface area contributed by atoms with Crippen molar-refractivity contribution in [3.05, 3.63) is 22.2 Å². The number of carbonyl (C=O) groups excluding carboxylic acids is 1. The van der Waals surface area contributed by atoms with E-state index in [-0.39, 0.29) is 11.2 Å². The summed E-state index contributed by atoms with van der Waals surface area (Å²) < 4.78 is 12.9. The van der Waals surface area contributed by atoms with Crippen LogP contribution in [0.4, 0.5) is 0 Å². The molecular formula is C18H24BrNO3S2. The molecule has 1 fully saturated rings. The molecule has 1 heterocycles. The minimum Gasteiger partial charge on any atom is -0.493 e. The van der Waals surface area contributed by atoms with Crippen LogP contribution in [-0.2, 0) is 11.2 Å². The Morgan fingerprint density at radius 1 is 1.24 bits per heavy atom. The molecule has 1 aromatic carbocycles. The summed E-state index contributed by atoms with van der Waals surface area (Å²) in [6, 6.07) is 3.87. The van der Waals surface area contributed by atoms with Gasteiger partial charge in [-0.15, -0.1) is 0 Å². The number of thiocarbonyl (C=S) groups is 1. The van der Waals surface area contributed by atoms with Crippen LogP contribution in [0.1, 0.15) is 33.3 Å². The van der Waals surface area contributed by atoms with E-state index < -0.39 is 0 Å². The van der Waals surface area contributed by atoms with Gasteiger partial charge in [-0.3, -0.25) is 9.69 Å². The third-order valence-electron chi connectivity index (χ3n) is 3.67. The zero-order valence-electron chi connectivity index (χ0n) is 15.0. The van der Waals surface area contributed by atoms with E-state index >= 15 is 0 Å². The molecule has 0 saturated carbocycles. The Bertz CT molecular complexity index is 651. The molecule has 138 valence electrons. The molecule has 1 amide bonds. The molecule has 0 bridgehead atoms. The van der Waals surface area contributed by atoms with Crippen LogP contribution in [0.15, 0.2) is 16.6 Å². The highest BCUT2D eigenvalue weighted by Gasteiger charge is 2.37. The van der Waals surface area contributed by atoms with Gasteiger partial charge < -0.3 is 9.47 Å². The van der Waals surface area contributed by atoms with Crippen LogP contribution < -0.4 is 9.47 Å². The number of amides is 1. The lowest BCUT2D eigenvalue weighted by molar-refractivity contribution is -0.126. The van der Waals surface area contributed by atoms with Gasteiger partial charge in [0, 0.05) is 12.6 Å². The van der Waals surface area contributed by atoms with Gasteiger partial charge in [0.15, 0.2) is 0 Å². The lowest BCUT2D eigenvalue weighted by Crippen LogP contribution is -2.35. The van der Waals surface area contributed by atoms with Crippen molar-refractivity contribution in [1.29, 1.82) is 0 Å². The summed E-state index contributed by atoms with van der Waals surface area (Å²) in [5.74, 6) is 1.99. The van der Waals surface area contributed by atoms with Gasteiger partial charge in [0.25, 0.3) is 0 Å². The average molecular weight is 446 g/mol. The molecule has 7 heteroatoms. The van der Waals surface area contributed by atoms with Crippen LogP contribution in [0.2, 0.25) is 0 Å². The number of halogens is 1. The zero-order valence-corrected chi connectivity index (χ0v) is 18.2. The molecule has 1 aliphatic heterocycles. The van der Waals surface area contributed by atoms with Crippen LogP contribution in [0.5, 0.6) is 11.5 Å². The van der Waals surface area contributed by atoms with E-state index in [1.807, 2.05) is 26.0 Å². The number of nitrogens with zero attached hydrogens (tertiary/aromatic N) is 1. The summed E-state index contributed by atoms with van der Waals surface area (Å²) in [5, 5.41) is -0.199. The monoisotopic (exact) mass is 445 g/mol. The molecule has 0 spiro atoms. The van der Waals surface area contributed by atoms with Gasteiger partial charge in [-0.25, -0.2) is 0 Å². The van der Waals surface area contributed by atoms with Gasteiger partial charge in [0.1, 0.15) is 15.8 Å². The first-order valence-corrected chi connectivity index (χ1v) is 10.5. The SMILES string of the molecule is CCOc1cc(OCC)c(C[C@@H]2SC(=S)N(CC(C)C)C2=O)cc1Br. The third kappa shape index (κ3) is 5.11. The fraction of sp³-hybridized carbons (Fsp3) is 0.556. The lowest BCUT2D eigenvalue weighted by atomic mass is 10.1. The van der Waals surface area contributed by atoms with Crippen LogP contribution in [0.25, 0.3) is 0 Å². The molecule has 1 aliphatic rings. The van der Waals surface area contributed by atoms with Crippen molar-refractivity contribution in [1.82, 2.24) is 4.90 Å². The fourth-order valence-corrected chi connectivity index (χ4v) is 4.69. The topological polar surface area (TPSA) is 38.8 Å². The summed E-state index contributed by atoms with van der Waals surface area (Å²) >= 11 is 10.4. The van der Waals surface area contributed by atoms with Gasteiger partial charge in [0.2, 0.25) is 5.91 Å². The average Bonchev–Trinajstić information content (AvgIpc) is 2.79. The molecule has 0 aromatic heterocycles. The molecule has 1 atom stereocenters. The molecule has 1 aromatic rings. The number of rotatable bonds is 8. The highest BCUT2D eigenvalue weighted by Crippen LogP contribution is 2.37. The number of thioether (sulfide) groups is 1. The van der Waals surface area contributed by atoms with Gasteiger partial charge >= 0.3 is 0 Å². The van der Waals surface area contributed by atoms with Crippen molar-refractivity contribution in [2.45, 2.75) is 39.4 Å². The number of carbonyl (C=O) groups is 1. The highest BCUT2D eigenvalue weighted by molar-refractivity contribution is 9.10. The van der Waals surface area contributed by atoms with E-state index in [9.17, 15) is 4.79 Å². The Kier molecular flexibility index (Phi) is 7.58. The Morgan fingerprint density at radius 3 is 2.48 bits per heavy atom. The molecule has 0 radical (unpaired) electrons. The Hall–Kier alpha value is -0.790. The number of ether oxygens (including phenoxy) is 2. The smallest absolute Gasteiger partial charge is 0.241 e. The lowest BCUT2D eigenvalue weighted by Gasteiger charge is -2.18. The largest absolute Gasteiger partial charge is 0.493 e. The summed E-state index contributed by atoms with van der Waals surface area (Å²) in [7, 11) is 0. The van der Waals surface area contributed by atoms with Crippen molar-refractivity contribution >= 4 is 50.1 Å². The predicted octanol–water partition coefficient (Wildman–Crippen LogP) is 4.67. The second kappa shape index (κ2) is 9.24. The zero-order chi connectivity index (χ0) is 18.6. The first-order valence-electron chi connectivity index (χ1n) is 8.47. The molecule has 0 N–H and O–H groups in total. The van der Waals surface area contributed by atoms with E-state index in [1.54, 1.807) is 4.90 Å². The molecule has 1 saturated heterocycles. The maximum absolute atomic E-state index is 12.7. The maximum Gasteiger partial charge on any atom is 0.241 e. The van der Waals surface area contributed by atoms with Crippen LogP contribution in [-0.4, -0.2) is 40.1 Å². The van der Waals surface area contributed by atoms with E-state index in [0.717, 1.165) is 21.5 Å². The minimum absolute atomic E-state index is 0.0937. The van der Waals surface area contributed by atoms with Crippen molar-refractivity contribution in [2.24, 2.45) is 5.92 Å². The molecule has 0 aliphatic carbocycles. The van der Waals surface area contributed by atoms with Crippen molar-refractivity contribution in [2.75, 3.05) is 19.8 Å². The number of benzene rings is 1. The number of hydrogen-bond acceptors (Lipinski definition) is 5. The molecule has 4 nitrogen and oxygen atoms in total. The van der Waals surface area contributed by atoms with Gasteiger partial charge in [-0.1, -0.05) is 37.8 Å². The van der Waals surface area contributed by atoms with Crippen LogP contribution in [0, 0.1) is 5.92 Å². The standard InChI is InChI=1S/C18H24BrNO3S2/c1-5-22-14-9-15(23-6-2)13(19)7-12(14)8-16-17(21)20(10-11(3)4)18(24)25-16/h7,9,11,16H,5-6,8,10H2,1-4H3/t16-/m0/s1. The molecule has 0 unspecified atom stereocenters.